The van der Waals surface area contributed by atoms with Crippen molar-refractivity contribution in [3.8, 4) is 0 Å². The average molecular weight is 462 g/mol. The molecule has 0 aromatic heterocycles. The molecule has 1 saturated heterocycles. The first-order valence-electron chi connectivity index (χ1n) is 11.4. The third kappa shape index (κ3) is 5.17. The number of hydrogen-bond donors (Lipinski definition) is 3. The first-order chi connectivity index (χ1) is 15.7. The number of aliphatic hydroxyl groups is 1. The van der Waals surface area contributed by atoms with Gasteiger partial charge in [0.15, 0.2) is 5.60 Å². The number of carbonyl (C=O) groups excluding carboxylic acids is 1. The summed E-state index contributed by atoms with van der Waals surface area (Å²) in [5.41, 5.74) is 5.12. The molecule has 0 bridgehead atoms. The number of alkyl halides is 2. The fourth-order valence-electron chi connectivity index (χ4n) is 5.04. The van der Waals surface area contributed by atoms with Crippen molar-refractivity contribution in [3.05, 3.63) is 65.5 Å². The highest BCUT2D eigenvalue weighted by molar-refractivity contribution is 5.87. The van der Waals surface area contributed by atoms with Crippen LogP contribution in [0.3, 0.4) is 0 Å². The number of benzene rings is 2. The van der Waals surface area contributed by atoms with E-state index in [0.717, 1.165) is 0 Å². The molecule has 2 atom stereocenters. The van der Waals surface area contributed by atoms with Gasteiger partial charge in [-0.2, -0.15) is 0 Å². The van der Waals surface area contributed by atoms with Gasteiger partial charge in [0.2, 0.25) is 5.92 Å². The van der Waals surface area contributed by atoms with Crippen molar-refractivity contribution in [1.82, 2.24) is 10.2 Å². The van der Waals surface area contributed by atoms with Crippen LogP contribution < -0.4 is 11.1 Å². The van der Waals surface area contributed by atoms with Crippen molar-refractivity contribution < 1.29 is 23.1 Å². The van der Waals surface area contributed by atoms with Gasteiger partial charge in [0, 0.05) is 55.7 Å². The highest BCUT2D eigenvalue weighted by Crippen LogP contribution is 2.47. The number of anilines is 1. The van der Waals surface area contributed by atoms with Gasteiger partial charge in [-0.05, 0) is 43.0 Å². The maximum Gasteiger partial charge on any atom is 0.257 e. The molecule has 2 aromatic rings. The summed E-state index contributed by atoms with van der Waals surface area (Å²) in [5, 5.41) is 14.4. The van der Waals surface area contributed by atoms with Gasteiger partial charge in [-0.15, -0.1) is 0 Å². The molecule has 4 N–H and O–H groups in total. The van der Waals surface area contributed by atoms with E-state index in [1.54, 1.807) is 36.4 Å². The van der Waals surface area contributed by atoms with E-state index >= 15 is 0 Å². The lowest BCUT2D eigenvalue weighted by atomic mass is 9.79. The highest BCUT2D eigenvalue weighted by Gasteiger charge is 2.53. The van der Waals surface area contributed by atoms with E-state index in [2.05, 4.69) is 10.2 Å². The van der Waals surface area contributed by atoms with Crippen molar-refractivity contribution >= 4 is 11.6 Å². The fourth-order valence-corrected chi connectivity index (χ4v) is 5.04. The molecule has 0 unspecified atom stereocenters. The van der Waals surface area contributed by atoms with E-state index in [1.165, 1.54) is 12.1 Å². The van der Waals surface area contributed by atoms with Crippen LogP contribution in [0.4, 0.5) is 18.9 Å². The van der Waals surface area contributed by atoms with E-state index in [-0.39, 0.29) is 24.7 Å². The molecule has 2 aliphatic rings. The molecule has 1 amide bonds. The van der Waals surface area contributed by atoms with Gasteiger partial charge in [-0.25, -0.2) is 13.2 Å². The Balaban J connectivity index is 1.41. The standard InChI is InChI=1S/C25H30F3N3O2/c26-22-7-6-20(29)14-17(22)16-31-12-9-21(10-13-31)30-23(32)25(33,18-4-2-1-3-5-18)19-8-11-24(27,28)15-19/h1-7,14,19,21,33H,8-13,15-16,29H2,(H,30,32)/t19-,25+/m1/s1. The molecule has 8 heteroatoms. The summed E-state index contributed by atoms with van der Waals surface area (Å²) < 4.78 is 42.0. The monoisotopic (exact) mass is 461 g/mol. The van der Waals surface area contributed by atoms with E-state index < -0.39 is 29.8 Å². The predicted octanol–water partition coefficient (Wildman–Crippen LogP) is 3.81. The quantitative estimate of drug-likeness (QED) is 0.572. The molecule has 1 saturated carbocycles. The van der Waals surface area contributed by atoms with Gasteiger partial charge in [-0.1, -0.05) is 30.3 Å². The largest absolute Gasteiger partial charge is 0.399 e. The second kappa shape index (κ2) is 9.35. The lowest BCUT2D eigenvalue weighted by molar-refractivity contribution is -0.149. The summed E-state index contributed by atoms with van der Waals surface area (Å²) in [7, 11) is 0. The third-order valence-electron chi connectivity index (χ3n) is 6.94. The lowest BCUT2D eigenvalue weighted by Crippen LogP contribution is -2.54. The van der Waals surface area contributed by atoms with Crippen LogP contribution in [0.1, 0.15) is 43.2 Å². The summed E-state index contributed by atoms with van der Waals surface area (Å²) in [6.07, 6.45) is 0.452. The van der Waals surface area contributed by atoms with E-state index in [9.17, 15) is 23.1 Å². The van der Waals surface area contributed by atoms with Crippen LogP contribution in [0.2, 0.25) is 0 Å². The van der Waals surface area contributed by atoms with Crippen LogP contribution in [0.25, 0.3) is 0 Å². The number of rotatable bonds is 6. The zero-order valence-electron chi connectivity index (χ0n) is 18.4. The normalized spacial score (nSPS) is 23.2. The molecule has 4 rings (SSSR count). The fraction of sp³-hybridized carbons (Fsp3) is 0.480. The van der Waals surface area contributed by atoms with Crippen molar-refractivity contribution in [2.24, 2.45) is 5.92 Å². The molecular weight excluding hydrogens is 431 g/mol. The number of nitrogens with one attached hydrogen (secondary N) is 1. The number of piperidine rings is 1. The number of nitrogens with zero attached hydrogens (tertiary/aromatic N) is 1. The molecule has 178 valence electrons. The predicted molar refractivity (Wildman–Crippen MR) is 120 cm³/mol. The van der Waals surface area contributed by atoms with Gasteiger partial charge in [0.1, 0.15) is 5.82 Å². The molecule has 2 aromatic carbocycles. The van der Waals surface area contributed by atoms with E-state index in [0.29, 0.717) is 49.3 Å². The van der Waals surface area contributed by atoms with Gasteiger partial charge in [0.05, 0.1) is 0 Å². The van der Waals surface area contributed by atoms with Crippen molar-refractivity contribution in [2.75, 3.05) is 18.8 Å². The topological polar surface area (TPSA) is 78.6 Å². The molecule has 33 heavy (non-hydrogen) atoms. The number of nitrogens with two attached hydrogens (primary N) is 1. The first-order valence-corrected chi connectivity index (χ1v) is 11.4. The van der Waals surface area contributed by atoms with Crippen LogP contribution in [-0.4, -0.2) is 41.0 Å². The van der Waals surface area contributed by atoms with Gasteiger partial charge < -0.3 is 16.2 Å². The van der Waals surface area contributed by atoms with Crippen LogP contribution in [-0.2, 0) is 16.9 Å². The van der Waals surface area contributed by atoms with Crippen molar-refractivity contribution in [2.45, 2.75) is 56.2 Å². The maximum atomic E-state index is 14.0. The Kier molecular flexibility index (Phi) is 6.68. The molecule has 1 aliphatic heterocycles. The number of hydrogen-bond acceptors (Lipinski definition) is 4. The Labute approximate surface area is 191 Å². The Morgan fingerprint density at radius 1 is 1.15 bits per heavy atom. The van der Waals surface area contributed by atoms with Gasteiger partial charge >= 0.3 is 0 Å². The Morgan fingerprint density at radius 3 is 2.48 bits per heavy atom. The number of likely N-dealkylation sites (tertiary alicyclic amines) is 1. The zero-order chi connectivity index (χ0) is 23.6. The smallest absolute Gasteiger partial charge is 0.257 e. The Hall–Kier alpha value is -2.58. The van der Waals surface area contributed by atoms with Crippen LogP contribution >= 0.6 is 0 Å². The highest BCUT2D eigenvalue weighted by atomic mass is 19.3. The average Bonchev–Trinajstić information content (AvgIpc) is 3.17. The molecule has 0 radical (unpaired) electrons. The zero-order valence-corrected chi connectivity index (χ0v) is 18.4. The van der Waals surface area contributed by atoms with Gasteiger partial charge in [-0.3, -0.25) is 9.69 Å². The van der Waals surface area contributed by atoms with E-state index in [1.807, 2.05) is 0 Å². The molecule has 2 fully saturated rings. The summed E-state index contributed by atoms with van der Waals surface area (Å²) in [6.45, 7) is 1.68. The maximum absolute atomic E-state index is 14.0. The third-order valence-corrected chi connectivity index (χ3v) is 6.94. The number of amides is 1. The Morgan fingerprint density at radius 2 is 1.85 bits per heavy atom. The summed E-state index contributed by atoms with van der Waals surface area (Å²) in [4.78, 5) is 15.4. The number of carbonyl (C=O) groups is 1. The van der Waals surface area contributed by atoms with Crippen LogP contribution in [0, 0.1) is 11.7 Å². The summed E-state index contributed by atoms with van der Waals surface area (Å²) in [5.74, 6) is -4.67. The molecular formula is C25H30F3N3O2. The molecule has 1 heterocycles. The van der Waals surface area contributed by atoms with Crippen molar-refractivity contribution in [1.29, 1.82) is 0 Å². The minimum Gasteiger partial charge on any atom is -0.399 e. The van der Waals surface area contributed by atoms with Gasteiger partial charge in [0.25, 0.3) is 5.91 Å². The number of halogens is 3. The summed E-state index contributed by atoms with van der Waals surface area (Å²) in [6, 6.07) is 12.7. The second-order valence-corrected chi connectivity index (χ2v) is 9.30. The lowest BCUT2D eigenvalue weighted by Gasteiger charge is -2.37. The molecule has 5 nitrogen and oxygen atoms in total. The second-order valence-electron chi connectivity index (χ2n) is 9.30. The number of nitrogen functional groups attached to an aromatic ring is 1. The minimum atomic E-state index is -2.88. The SMILES string of the molecule is Nc1ccc(F)c(CN2CCC(NC(=O)[C@](O)(c3ccccc3)[C@@H]3CCC(F)(F)C3)CC2)c1. The first kappa shape index (κ1) is 23.6. The van der Waals surface area contributed by atoms with Crippen molar-refractivity contribution in [3.63, 3.8) is 0 Å². The molecule has 0 spiro atoms. The Bertz CT molecular complexity index is 980. The summed E-state index contributed by atoms with van der Waals surface area (Å²) >= 11 is 0. The van der Waals surface area contributed by atoms with E-state index in [4.69, 9.17) is 5.73 Å². The minimum absolute atomic E-state index is 0.0794. The van der Waals surface area contributed by atoms with Crippen LogP contribution in [0.15, 0.2) is 48.5 Å². The molecule has 1 aliphatic carbocycles. The van der Waals surface area contributed by atoms with Crippen LogP contribution in [0.5, 0.6) is 0 Å².